The van der Waals surface area contributed by atoms with Gasteiger partial charge in [-0.1, -0.05) is 66.2 Å². The molecule has 154 valence electrons. The molecule has 1 saturated heterocycles. The number of nitrogens with zero attached hydrogens (tertiary/aromatic N) is 3. The third kappa shape index (κ3) is 3.14. The van der Waals surface area contributed by atoms with Crippen LogP contribution >= 0.6 is 11.6 Å². The number of halogens is 1. The highest BCUT2D eigenvalue weighted by atomic mass is 35.5. The molecule has 31 heavy (non-hydrogen) atoms. The van der Waals surface area contributed by atoms with Crippen molar-refractivity contribution in [3.8, 4) is 11.5 Å². The number of hydrogen-bond acceptors (Lipinski definition) is 5. The van der Waals surface area contributed by atoms with Gasteiger partial charge in [0.1, 0.15) is 12.1 Å². The SMILES string of the molecule is CC1(c2cccc3ccccc23)NC(=O)N(Cc2nnc(-c3ccccc3Cl)o2)C1=O. The average Bonchev–Trinajstić information content (AvgIpc) is 3.32. The quantitative estimate of drug-likeness (QED) is 0.479. The van der Waals surface area contributed by atoms with Crippen LogP contribution in [0.1, 0.15) is 18.4 Å². The number of rotatable bonds is 4. The van der Waals surface area contributed by atoms with Crippen LogP contribution in [0.2, 0.25) is 5.02 Å². The average molecular weight is 433 g/mol. The van der Waals surface area contributed by atoms with E-state index in [9.17, 15) is 9.59 Å². The molecule has 0 spiro atoms. The Kier molecular flexibility index (Phi) is 4.48. The van der Waals surface area contributed by atoms with Gasteiger partial charge in [0.2, 0.25) is 11.8 Å². The minimum absolute atomic E-state index is 0.136. The Labute approximate surface area is 182 Å². The van der Waals surface area contributed by atoms with E-state index in [0.29, 0.717) is 10.6 Å². The molecule has 1 unspecified atom stereocenters. The highest BCUT2D eigenvalue weighted by molar-refractivity contribution is 6.33. The zero-order valence-corrected chi connectivity index (χ0v) is 17.3. The van der Waals surface area contributed by atoms with Crippen LogP contribution in [0.25, 0.3) is 22.2 Å². The molecule has 1 fully saturated rings. The number of carbonyl (C=O) groups excluding carboxylic acids is 2. The number of benzene rings is 3. The highest BCUT2D eigenvalue weighted by Crippen LogP contribution is 2.34. The number of carbonyl (C=O) groups is 2. The van der Waals surface area contributed by atoms with Gasteiger partial charge in [0.25, 0.3) is 5.91 Å². The van der Waals surface area contributed by atoms with E-state index in [-0.39, 0.29) is 24.2 Å². The fourth-order valence-corrected chi connectivity index (χ4v) is 4.10. The van der Waals surface area contributed by atoms with Crippen LogP contribution in [0.15, 0.2) is 71.1 Å². The first-order valence-corrected chi connectivity index (χ1v) is 10.0. The van der Waals surface area contributed by atoms with Gasteiger partial charge < -0.3 is 9.73 Å². The van der Waals surface area contributed by atoms with Crippen LogP contribution in [0.4, 0.5) is 4.79 Å². The first-order valence-electron chi connectivity index (χ1n) is 9.67. The van der Waals surface area contributed by atoms with E-state index in [0.717, 1.165) is 21.2 Å². The van der Waals surface area contributed by atoms with Crippen molar-refractivity contribution in [2.75, 3.05) is 0 Å². The molecule has 7 nitrogen and oxygen atoms in total. The maximum absolute atomic E-state index is 13.3. The Hall–Kier alpha value is -3.71. The van der Waals surface area contributed by atoms with Crippen molar-refractivity contribution in [1.82, 2.24) is 20.4 Å². The van der Waals surface area contributed by atoms with E-state index < -0.39 is 11.6 Å². The molecule has 0 saturated carbocycles. The predicted molar refractivity (Wildman–Crippen MR) is 115 cm³/mol. The van der Waals surface area contributed by atoms with Crippen LogP contribution < -0.4 is 5.32 Å². The lowest BCUT2D eigenvalue weighted by Crippen LogP contribution is -2.41. The standard InChI is InChI=1S/C23H17ClN4O3/c1-23(17-11-6-8-14-7-2-3-9-15(14)17)21(29)28(22(30)25-23)13-19-26-27-20(31-19)16-10-4-5-12-18(16)24/h2-12H,13H2,1H3,(H,25,30). The smallest absolute Gasteiger partial charge is 0.325 e. The van der Waals surface area contributed by atoms with Crippen molar-refractivity contribution >= 4 is 34.3 Å². The third-order valence-electron chi connectivity index (χ3n) is 5.47. The fourth-order valence-electron chi connectivity index (χ4n) is 3.88. The van der Waals surface area contributed by atoms with E-state index in [2.05, 4.69) is 15.5 Å². The summed E-state index contributed by atoms with van der Waals surface area (Å²) in [5.41, 5.74) is 0.109. The number of nitrogens with one attached hydrogen (secondary N) is 1. The second-order valence-corrected chi connectivity index (χ2v) is 7.86. The molecular weight excluding hydrogens is 416 g/mol. The number of urea groups is 1. The van der Waals surface area contributed by atoms with E-state index >= 15 is 0 Å². The largest absolute Gasteiger partial charge is 0.419 e. The van der Waals surface area contributed by atoms with Gasteiger partial charge in [-0.15, -0.1) is 10.2 Å². The van der Waals surface area contributed by atoms with Crippen LogP contribution in [-0.2, 0) is 16.9 Å². The van der Waals surface area contributed by atoms with Gasteiger partial charge in [-0.05, 0) is 35.4 Å². The van der Waals surface area contributed by atoms with Gasteiger partial charge in [-0.25, -0.2) is 4.79 Å². The molecule has 4 aromatic rings. The summed E-state index contributed by atoms with van der Waals surface area (Å²) in [5, 5.41) is 13.2. The summed E-state index contributed by atoms with van der Waals surface area (Å²) in [6.07, 6.45) is 0. The zero-order valence-electron chi connectivity index (χ0n) is 16.5. The number of fused-ring (bicyclic) bond motifs is 1. The molecule has 5 rings (SSSR count). The lowest BCUT2D eigenvalue weighted by Gasteiger charge is -2.23. The Morgan fingerprint density at radius 1 is 1.00 bits per heavy atom. The van der Waals surface area contributed by atoms with Gasteiger partial charge >= 0.3 is 6.03 Å². The first-order chi connectivity index (χ1) is 15.0. The summed E-state index contributed by atoms with van der Waals surface area (Å²) in [5.74, 6) is -0.0172. The van der Waals surface area contributed by atoms with Crippen LogP contribution in [0.3, 0.4) is 0 Å². The van der Waals surface area contributed by atoms with E-state index in [1.165, 1.54) is 0 Å². The van der Waals surface area contributed by atoms with Gasteiger partial charge in [-0.3, -0.25) is 9.69 Å². The summed E-state index contributed by atoms with van der Waals surface area (Å²) < 4.78 is 5.67. The summed E-state index contributed by atoms with van der Waals surface area (Å²) in [6, 6.07) is 20.0. The molecule has 1 aliphatic heterocycles. The van der Waals surface area contributed by atoms with E-state index in [1.54, 1.807) is 31.2 Å². The van der Waals surface area contributed by atoms with E-state index in [4.69, 9.17) is 16.0 Å². The zero-order chi connectivity index (χ0) is 21.6. The molecule has 1 aromatic heterocycles. The Morgan fingerprint density at radius 2 is 1.74 bits per heavy atom. The van der Waals surface area contributed by atoms with Crippen LogP contribution in [0.5, 0.6) is 0 Å². The van der Waals surface area contributed by atoms with Crippen molar-refractivity contribution in [2.24, 2.45) is 0 Å². The monoisotopic (exact) mass is 432 g/mol. The first kappa shape index (κ1) is 19.3. The summed E-state index contributed by atoms with van der Waals surface area (Å²) in [4.78, 5) is 27.2. The van der Waals surface area contributed by atoms with Crippen molar-refractivity contribution in [2.45, 2.75) is 19.0 Å². The maximum Gasteiger partial charge on any atom is 0.325 e. The summed E-state index contributed by atoms with van der Waals surface area (Å²) >= 11 is 6.18. The molecular formula is C23H17ClN4O3. The van der Waals surface area contributed by atoms with Gasteiger partial charge in [-0.2, -0.15) is 0 Å². The molecule has 3 aromatic carbocycles. The molecule has 0 aliphatic carbocycles. The normalized spacial score (nSPS) is 18.6. The molecule has 0 radical (unpaired) electrons. The molecule has 2 heterocycles. The molecule has 0 bridgehead atoms. The van der Waals surface area contributed by atoms with Crippen molar-refractivity contribution in [1.29, 1.82) is 0 Å². The fraction of sp³-hybridized carbons (Fsp3) is 0.130. The Morgan fingerprint density at radius 3 is 2.58 bits per heavy atom. The Bertz CT molecular complexity index is 1330. The molecule has 1 atom stereocenters. The van der Waals surface area contributed by atoms with Crippen molar-refractivity contribution in [3.63, 3.8) is 0 Å². The second-order valence-electron chi connectivity index (χ2n) is 7.45. The number of hydrogen-bond donors (Lipinski definition) is 1. The number of imide groups is 1. The van der Waals surface area contributed by atoms with Crippen LogP contribution in [0, 0.1) is 0 Å². The lowest BCUT2D eigenvalue weighted by molar-refractivity contribution is -0.131. The number of aromatic nitrogens is 2. The van der Waals surface area contributed by atoms with Crippen molar-refractivity contribution in [3.05, 3.63) is 83.2 Å². The van der Waals surface area contributed by atoms with Crippen LogP contribution in [-0.4, -0.2) is 27.0 Å². The summed E-state index contributed by atoms with van der Waals surface area (Å²) in [7, 11) is 0. The van der Waals surface area contributed by atoms with Crippen molar-refractivity contribution < 1.29 is 14.0 Å². The molecule has 1 aliphatic rings. The van der Waals surface area contributed by atoms with E-state index in [1.807, 2.05) is 42.5 Å². The Balaban J connectivity index is 1.45. The topological polar surface area (TPSA) is 88.3 Å². The lowest BCUT2D eigenvalue weighted by atomic mass is 9.88. The van der Waals surface area contributed by atoms with Gasteiger partial charge in [0.15, 0.2) is 0 Å². The third-order valence-corrected chi connectivity index (χ3v) is 5.80. The predicted octanol–water partition coefficient (Wildman–Crippen LogP) is 4.51. The minimum atomic E-state index is -1.20. The van der Waals surface area contributed by atoms with Gasteiger partial charge in [0.05, 0.1) is 10.6 Å². The molecule has 3 amide bonds. The molecule has 8 heteroatoms. The number of amides is 3. The minimum Gasteiger partial charge on any atom is -0.419 e. The maximum atomic E-state index is 13.3. The highest BCUT2D eigenvalue weighted by Gasteiger charge is 2.50. The summed E-state index contributed by atoms with van der Waals surface area (Å²) in [6.45, 7) is 1.57. The second kappa shape index (κ2) is 7.21. The molecule has 1 N–H and O–H groups in total. The van der Waals surface area contributed by atoms with Gasteiger partial charge in [0, 0.05) is 0 Å².